The summed E-state index contributed by atoms with van der Waals surface area (Å²) in [7, 11) is 0. The number of amides is 2. The van der Waals surface area contributed by atoms with Crippen molar-refractivity contribution in [1.29, 1.82) is 0 Å². The molecule has 3 aromatic carbocycles. The number of hydrogen-bond acceptors (Lipinski definition) is 2. The minimum atomic E-state index is -0.586. The van der Waals surface area contributed by atoms with E-state index in [1.54, 1.807) is 4.90 Å². The number of benzene rings is 3. The number of carbonyl (C=O) groups is 2. The second-order valence-corrected chi connectivity index (χ2v) is 9.77. The molecule has 3 aromatic rings. The molecule has 182 valence electrons. The Balaban J connectivity index is 1.60. The van der Waals surface area contributed by atoms with Gasteiger partial charge in [0.1, 0.15) is 6.04 Å². The van der Waals surface area contributed by atoms with Crippen molar-refractivity contribution in [3.05, 3.63) is 107 Å². The van der Waals surface area contributed by atoms with E-state index in [1.165, 1.54) is 0 Å². The van der Waals surface area contributed by atoms with Crippen LogP contribution in [0.3, 0.4) is 0 Å². The highest BCUT2D eigenvalue weighted by molar-refractivity contribution is 6.30. The van der Waals surface area contributed by atoms with Crippen molar-refractivity contribution < 1.29 is 9.59 Å². The second-order valence-electron chi connectivity index (χ2n) is 9.33. The Morgan fingerprint density at radius 2 is 1.43 bits per heavy atom. The van der Waals surface area contributed by atoms with Crippen LogP contribution in [0.15, 0.2) is 84.9 Å². The van der Waals surface area contributed by atoms with Crippen LogP contribution in [-0.4, -0.2) is 28.8 Å². The molecule has 35 heavy (non-hydrogen) atoms. The van der Waals surface area contributed by atoms with Gasteiger partial charge in [0.05, 0.1) is 0 Å². The molecule has 0 aromatic heterocycles. The Hall–Kier alpha value is -3.11. The number of halogens is 1. The van der Waals surface area contributed by atoms with Crippen molar-refractivity contribution in [2.45, 2.75) is 63.6 Å². The van der Waals surface area contributed by atoms with Gasteiger partial charge >= 0.3 is 0 Å². The molecule has 2 amide bonds. The first kappa shape index (κ1) is 25.0. The van der Waals surface area contributed by atoms with Crippen molar-refractivity contribution >= 4 is 23.4 Å². The fourth-order valence-electron chi connectivity index (χ4n) is 4.75. The molecule has 5 heteroatoms. The lowest BCUT2D eigenvalue weighted by molar-refractivity contribution is -0.141. The number of nitrogens with zero attached hydrogens (tertiary/aromatic N) is 1. The molecule has 0 heterocycles. The van der Waals surface area contributed by atoms with E-state index in [4.69, 9.17) is 11.6 Å². The van der Waals surface area contributed by atoms with Gasteiger partial charge in [-0.25, -0.2) is 0 Å². The van der Waals surface area contributed by atoms with Gasteiger partial charge in [0, 0.05) is 30.5 Å². The quantitative estimate of drug-likeness (QED) is 0.382. The molecular weight excluding hydrogens is 456 g/mol. The molecule has 0 saturated heterocycles. The number of hydrogen-bond donors (Lipinski definition) is 1. The van der Waals surface area contributed by atoms with Crippen LogP contribution in [0.4, 0.5) is 0 Å². The molecule has 1 unspecified atom stereocenters. The Morgan fingerprint density at radius 3 is 2.06 bits per heavy atom. The third kappa shape index (κ3) is 7.43. The van der Waals surface area contributed by atoms with Crippen LogP contribution in [0.2, 0.25) is 5.02 Å². The first-order valence-corrected chi connectivity index (χ1v) is 12.9. The highest BCUT2D eigenvalue weighted by Crippen LogP contribution is 2.21. The first-order chi connectivity index (χ1) is 17.1. The molecular formula is C30H33ClN2O2. The van der Waals surface area contributed by atoms with Crippen LogP contribution in [0.5, 0.6) is 0 Å². The van der Waals surface area contributed by atoms with Gasteiger partial charge in [-0.1, -0.05) is 97.2 Å². The van der Waals surface area contributed by atoms with Crippen molar-refractivity contribution in [1.82, 2.24) is 10.2 Å². The summed E-state index contributed by atoms with van der Waals surface area (Å²) in [5, 5.41) is 3.90. The van der Waals surface area contributed by atoms with Gasteiger partial charge in [-0.05, 0) is 48.1 Å². The van der Waals surface area contributed by atoms with E-state index in [1.807, 2.05) is 84.9 Å². The third-order valence-electron chi connectivity index (χ3n) is 6.71. The third-order valence-corrected chi connectivity index (χ3v) is 6.96. The Kier molecular flexibility index (Phi) is 8.96. The highest BCUT2D eigenvalue weighted by Gasteiger charge is 2.32. The Bertz CT molecular complexity index is 1080. The summed E-state index contributed by atoms with van der Waals surface area (Å²) in [6.45, 7) is 0.361. The number of nitrogens with one attached hydrogen (secondary N) is 1. The highest BCUT2D eigenvalue weighted by atomic mass is 35.5. The smallest absolute Gasteiger partial charge is 0.243 e. The largest absolute Gasteiger partial charge is 0.352 e. The lowest BCUT2D eigenvalue weighted by Gasteiger charge is -2.32. The Morgan fingerprint density at radius 1 is 0.829 bits per heavy atom. The molecule has 0 aliphatic heterocycles. The zero-order valence-corrected chi connectivity index (χ0v) is 20.8. The summed E-state index contributed by atoms with van der Waals surface area (Å²) in [6.07, 6.45) is 5.74. The van der Waals surface area contributed by atoms with E-state index >= 15 is 0 Å². The maximum absolute atomic E-state index is 13.7. The molecule has 0 bridgehead atoms. The Labute approximate surface area is 213 Å². The maximum atomic E-state index is 13.7. The molecule has 1 atom stereocenters. The van der Waals surface area contributed by atoms with Gasteiger partial charge in [-0.15, -0.1) is 0 Å². The summed E-state index contributed by atoms with van der Waals surface area (Å²) in [5.74, 6) is -0.0888. The van der Waals surface area contributed by atoms with Crippen LogP contribution >= 0.6 is 11.6 Å². The minimum Gasteiger partial charge on any atom is -0.352 e. The lowest BCUT2D eigenvalue weighted by atomic mass is 10.0. The molecule has 1 saturated carbocycles. The topological polar surface area (TPSA) is 49.4 Å². The summed E-state index contributed by atoms with van der Waals surface area (Å²) in [5.41, 5.74) is 3.10. The summed E-state index contributed by atoms with van der Waals surface area (Å²) >= 11 is 6.10. The van der Waals surface area contributed by atoms with Crippen molar-refractivity contribution in [3.63, 3.8) is 0 Å². The monoisotopic (exact) mass is 488 g/mol. The van der Waals surface area contributed by atoms with Crippen LogP contribution in [0.25, 0.3) is 0 Å². The predicted octanol–water partition coefficient (Wildman–Crippen LogP) is 5.97. The lowest BCUT2D eigenvalue weighted by Crippen LogP contribution is -2.52. The minimum absolute atomic E-state index is 0.0219. The molecule has 1 N–H and O–H groups in total. The molecule has 1 aliphatic rings. The fourth-order valence-corrected chi connectivity index (χ4v) is 4.87. The standard InChI is InChI=1S/C30H33ClN2O2/c31-26-18-15-25(16-19-26)22-33(29(34)20-17-23-9-3-1-4-10-23)28(21-24-11-5-2-6-12-24)30(35)32-27-13-7-8-14-27/h1-6,9-12,15-16,18-19,27-28H,7-8,13-14,17,20-22H2,(H,32,35). The maximum Gasteiger partial charge on any atom is 0.243 e. The van der Waals surface area contributed by atoms with Gasteiger partial charge in [0.2, 0.25) is 11.8 Å². The molecule has 1 aliphatic carbocycles. The summed E-state index contributed by atoms with van der Waals surface area (Å²) in [4.78, 5) is 29.1. The predicted molar refractivity (Wildman–Crippen MR) is 141 cm³/mol. The molecule has 0 spiro atoms. The van der Waals surface area contributed by atoms with Crippen LogP contribution in [0, 0.1) is 0 Å². The van der Waals surface area contributed by atoms with Gasteiger partial charge in [0.15, 0.2) is 0 Å². The van der Waals surface area contributed by atoms with Gasteiger partial charge in [-0.2, -0.15) is 0 Å². The van der Waals surface area contributed by atoms with Crippen LogP contribution in [-0.2, 0) is 29.0 Å². The van der Waals surface area contributed by atoms with E-state index in [0.717, 1.165) is 42.4 Å². The second kappa shape index (κ2) is 12.6. The van der Waals surface area contributed by atoms with Crippen LogP contribution < -0.4 is 5.32 Å². The summed E-state index contributed by atoms with van der Waals surface area (Å²) < 4.78 is 0. The normalized spacial score (nSPS) is 14.4. The molecule has 1 fully saturated rings. The number of carbonyl (C=O) groups excluding carboxylic acids is 2. The molecule has 0 radical (unpaired) electrons. The average Bonchev–Trinajstić information content (AvgIpc) is 3.40. The number of rotatable bonds is 10. The van der Waals surface area contributed by atoms with E-state index < -0.39 is 6.04 Å². The van der Waals surface area contributed by atoms with E-state index in [-0.39, 0.29) is 17.9 Å². The van der Waals surface area contributed by atoms with Crippen LogP contribution in [0.1, 0.15) is 48.8 Å². The molecule has 4 nitrogen and oxygen atoms in total. The van der Waals surface area contributed by atoms with Crippen molar-refractivity contribution in [2.24, 2.45) is 0 Å². The molecule has 4 rings (SSSR count). The summed E-state index contributed by atoms with van der Waals surface area (Å²) in [6, 6.07) is 27.1. The van der Waals surface area contributed by atoms with E-state index in [0.29, 0.717) is 30.8 Å². The first-order valence-electron chi connectivity index (χ1n) is 12.5. The van der Waals surface area contributed by atoms with E-state index in [2.05, 4.69) is 5.32 Å². The fraction of sp³-hybridized carbons (Fsp3) is 0.333. The van der Waals surface area contributed by atoms with Crippen molar-refractivity contribution in [3.8, 4) is 0 Å². The SMILES string of the molecule is O=C(NC1CCCC1)C(Cc1ccccc1)N(Cc1ccc(Cl)cc1)C(=O)CCc1ccccc1. The zero-order valence-electron chi connectivity index (χ0n) is 20.0. The average molecular weight is 489 g/mol. The number of aryl methyl sites for hydroxylation is 1. The van der Waals surface area contributed by atoms with Gasteiger partial charge in [0.25, 0.3) is 0 Å². The van der Waals surface area contributed by atoms with E-state index in [9.17, 15) is 9.59 Å². The van der Waals surface area contributed by atoms with Gasteiger partial charge < -0.3 is 10.2 Å². The van der Waals surface area contributed by atoms with Crippen molar-refractivity contribution in [2.75, 3.05) is 0 Å². The van der Waals surface area contributed by atoms with Gasteiger partial charge in [-0.3, -0.25) is 9.59 Å². The zero-order chi connectivity index (χ0) is 24.5.